The van der Waals surface area contributed by atoms with Crippen LogP contribution in [0.4, 0.5) is 0 Å². The number of carbonyl (C=O) groups excluding carboxylic acids is 3. The van der Waals surface area contributed by atoms with Gasteiger partial charge in [-0.3, -0.25) is 19.7 Å². The highest BCUT2D eigenvalue weighted by molar-refractivity contribution is 6.05. The summed E-state index contributed by atoms with van der Waals surface area (Å²) in [6.45, 7) is 3.36. The fourth-order valence-corrected chi connectivity index (χ4v) is 3.89. The second-order valence-corrected chi connectivity index (χ2v) is 7.35. The molecule has 1 aromatic rings. The molecule has 2 fully saturated rings. The van der Waals surface area contributed by atoms with Crippen LogP contribution in [-0.4, -0.2) is 47.4 Å². The van der Waals surface area contributed by atoms with Crippen molar-refractivity contribution in [3.63, 3.8) is 0 Å². The minimum absolute atomic E-state index is 0.132. The fraction of sp³-hybridized carbons (Fsp3) is 0.526. The van der Waals surface area contributed by atoms with Gasteiger partial charge in [0.25, 0.3) is 5.91 Å². The molecule has 3 amide bonds. The Labute approximate surface area is 152 Å². The summed E-state index contributed by atoms with van der Waals surface area (Å²) in [6, 6.07) is 5.44. The van der Waals surface area contributed by atoms with Crippen molar-refractivity contribution < 1.29 is 19.1 Å². The maximum absolute atomic E-state index is 12.7. The Morgan fingerprint density at radius 1 is 1.15 bits per heavy atom. The predicted octanol–water partition coefficient (Wildman–Crippen LogP) is 0.967. The monoisotopic (exact) mass is 357 g/mol. The summed E-state index contributed by atoms with van der Waals surface area (Å²) in [7, 11) is 0. The van der Waals surface area contributed by atoms with E-state index in [-0.39, 0.29) is 30.2 Å². The van der Waals surface area contributed by atoms with Gasteiger partial charge in [0, 0.05) is 31.1 Å². The molecule has 7 nitrogen and oxygen atoms in total. The summed E-state index contributed by atoms with van der Waals surface area (Å²) in [5.74, 6) is -0.0694. The molecule has 0 bridgehead atoms. The van der Waals surface area contributed by atoms with E-state index in [9.17, 15) is 14.4 Å². The topological polar surface area (TPSA) is 87.7 Å². The molecule has 0 aliphatic carbocycles. The van der Waals surface area contributed by atoms with Crippen molar-refractivity contribution in [3.8, 4) is 5.75 Å². The van der Waals surface area contributed by atoms with Crippen LogP contribution in [0.25, 0.3) is 0 Å². The molecular weight excluding hydrogens is 334 g/mol. The summed E-state index contributed by atoms with van der Waals surface area (Å²) in [6.07, 6.45) is 2.86. The summed E-state index contributed by atoms with van der Waals surface area (Å²) < 4.78 is 6.06. The normalized spacial score (nSPS) is 28.7. The maximum Gasteiger partial charge on any atom is 0.255 e. The Morgan fingerprint density at radius 2 is 2.00 bits per heavy atom. The van der Waals surface area contributed by atoms with E-state index in [0.29, 0.717) is 24.6 Å². The molecule has 0 aromatic heterocycles. The van der Waals surface area contributed by atoms with Crippen molar-refractivity contribution in [1.82, 2.24) is 15.5 Å². The second-order valence-electron chi connectivity index (χ2n) is 7.35. The number of imide groups is 1. The number of ether oxygens (including phenoxy) is 1. The first kappa shape index (κ1) is 17.0. The van der Waals surface area contributed by atoms with E-state index in [2.05, 4.69) is 17.6 Å². The van der Waals surface area contributed by atoms with E-state index in [1.54, 1.807) is 11.0 Å². The third-order valence-electron chi connectivity index (χ3n) is 5.41. The summed E-state index contributed by atoms with van der Waals surface area (Å²) >= 11 is 0. The van der Waals surface area contributed by atoms with E-state index in [1.807, 2.05) is 12.1 Å². The first-order valence-electron chi connectivity index (χ1n) is 9.19. The number of carbonyl (C=O) groups is 3. The number of hydrogen-bond donors (Lipinski definition) is 2. The summed E-state index contributed by atoms with van der Waals surface area (Å²) in [5, 5.41) is 5.73. The third kappa shape index (κ3) is 3.19. The van der Waals surface area contributed by atoms with E-state index < -0.39 is 6.04 Å². The molecule has 2 saturated heterocycles. The number of piperidine rings is 2. The van der Waals surface area contributed by atoms with Gasteiger partial charge in [0.15, 0.2) is 0 Å². The number of hydrogen-bond acceptors (Lipinski definition) is 5. The van der Waals surface area contributed by atoms with Crippen LogP contribution in [0.15, 0.2) is 18.2 Å². The molecule has 3 aliphatic rings. The lowest BCUT2D eigenvalue weighted by Gasteiger charge is -2.29. The Morgan fingerprint density at radius 3 is 2.73 bits per heavy atom. The van der Waals surface area contributed by atoms with Crippen LogP contribution in [0.3, 0.4) is 0 Å². The highest BCUT2D eigenvalue weighted by Crippen LogP contribution is 2.30. The number of fused-ring (bicyclic) bond motifs is 1. The minimum atomic E-state index is -0.582. The average Bonchev–Trinajstić information content (AvgIpc) is 2.93. The van der Waals surface area contributed by atoms with Crippen LogP contribution < -0.4 is 15.4 Å². The third-order valence-corrected chi connectivity index (χ3v) is 5.41. The lowest BCUT2D eigenvalue weighted by atomic mass is 10.0. The predicted molar refractivity (Wildman–Crippen MR) is 93.6 cm³/mol. The van der Waals surface area contributed by atoms with Crippen LogP contribution >= 0.6 is 0 Å². The summed E-state index contributed by atoms with van der Waals surface area (Å²) in [4.78, 5) is 37.6. The standard InChI is InChI=1S/C19H23N3O4/c1-11-2-3-14(9-20-11)26-13-4-5-15-12(8-13)10-22(19(15)25)16-6-7-17(23)21-18(16)24/h4-5,8,11,14,16,20H,2-3,6-7,9-10H2,1H3,(H,21,23,24)/t11-,14+,16?/m0/s1. The molecule has 138 valence electrons. The first-order chi connectivity index (χ1) is 12.5. The van der Waals surface area contributed by atoms with Gasteiger partial charge in [-0.05, 0) is 49.9 Å². The molecular formula is C19H23N3O4. The van der Waals surface area contributed by atoms with Gasteiger partial charge in [-0.1, -0.05) is 0 Å². The molecule has 4 rings (SSSR count). The van der Waals surface area contributed by atoms with Crippen LogP contribution in [-0.2, 0) is 16.1 Å². The first-order valence-corrected chi connectivity index (χ1v) is 9.19. The van der Waals surface area contributed by atoms with Crippen molar-refractivity contribution in [2.75, 3.05) is 6.54 Å². The van der Waals surface area contributed by atoms with Crippen LogP contribution in [0.1, 0.15) is 48.5 Å². The Kier molecular flexibility index (Phi) is 4.40. The van der Waals surface area contributed by atoms with Gasteiger partial charge in [-0.15, -0.1) is 0 Å². The molecule has 3 atom stereocenters. The number of rotatable bonds is 3. The van der Waals surface area contributed by atoms with Gasteiger partial charge in [0.2, 0.25) is 11.8 Å². The molecule has 1 aromatic carbocycles. The van der Waals surface area contributed by atoms with Crippen molar-refractivity contribution in [2.45, 2.75) is 57.3 Å². The van der Waals surface area contributed by atoms with Gasteiger partial charge in [-0.2, -0.15) is 0 Å². The Hall–Kier alpha value is -2.41. The Bertz CT molecular complexity index is 755. The van der Waals surface area contributed by atoms with Crippen molar-refractivity contribution in [1.29, 1.82) is 0 Å². The molecule has 0 spiro atoms. The average molecular weight is 357 g/mol. The minimum Gasteiger partial charge on any atom is -0.489 e. The zero-order valence-corrected chi connectivity index (χ0v) is 14.8. The van der Waals surface area contributed by atoms with Crippen LogP contribution in [0.2, 0.25) is 0 Å². The fourth-order valence-electron chi connectivity index (χ4n) is 3.89. The molecule has 3 heterocycles. The zero-order chi connectivity index (χ0) is 18.3. The molecule has 2 N–H and O–H groups in total. The highest BCUT2D eigenvalue weighted by atomic mass is 16.5. The number of nitrogens with one attached hydrogen (secondary N) is 2. The smallest absolute Gasteiger partial charge is 0.255 e. The molecule has 0 saturated carbocycles. The van der Waals surface area contributed by atoms with E-state index >= 15 is 0 Å². The quantitative estimate of drug-likeness (QED) is 0.787. The lowest BCUT2D eigenvalue weighted by molar-refractivity contribution is -0.136. The maximum atomic E-state index is 12.7. The van der Waals surface area contributed by atoms with Gasteiger partial charge >= 0.3 is 0 Å². The van der Waals surface area contributed by atoms with Crippen LogP contribution in [0, 0.1) is 0 Å². The number of amides is 3. The van der Waals surface area contributed by atoms with Crippen LogP contribution in [0.5, 0.6) is 5.75 Å². The van der Waals surface area contributed by atoms with Gasteiger partial charge in [0.1, 0.15) is 17.9 Å². The van der Waals surface area contributed by atoms with Crippen molar-refractivity contribution in [3.05, 3.63) is 29.3 Å². The second kappa shape index (κ2) is 6.72. The van der Waals surface area contributed by atoms with Gasteiger partial charge in [0.05, 0.1) is 0 Å². The highest BCUT2D eigenvalue weighted by Gasteiger charge is 2.39. The molecule has 0 radical (unpaired) electrons. The van der Waals surface area contributed by atoms with E-state index in [1.165, 1.54) is 0 Å². The SMILES string of the molecule is C[C@H]1CC[C@@H](Oc2ccc3c(c2)CN(C2CCC(=O)NC2=O)C3=O)CN1. The molecule has 7 heteroatoms. The number of benzene rings is 1. The number of nitrogens with zero attached hydrogens (tertiary/aromatic N) is 1. The van der Waals surface area contributed by atoms with Gasteiger partial charge in [-0.25, -0.2) is 0 Å². The molecule has 3 aliphatic heterocycles. The lowest BCUT2D eigenvalue weighted by Crippen LogP contribution is -2.52. The van der Waals surface area contributed by atoms with E-state index in [0.717, 1.165) is 30.7 Å². The molecule has 26 heavy (non-hydrogen) atoms. The zero-order valence-electron chi connectivity index (χ0n) is 14.8. The molecule has 1 unspecified atom stereocenters. The van der Waals surface area contributed by atoms with Crippen molar-refractivity contribution >= 4 is 17.7 Å². The van der Waals surface area contributed by atoms with Gasteiger partial charge < -0.3 is 15.0 Å². The Balaban J connectivity index is 1.46. The summed E-state index contributed by atoms with van der Waals surface area (Å²) in [5.41, 5.74) is 1.48. The largest absolute Gasteiger partial charge is 0.489 e. The van der Waals surface area contributed by atoms with E-state index in [4.69, 9.17) is 4.74 Å². The van der Waals surface area contributed by atoms with Crippen molar-refractivity contribution in [2.24, 2.45) is 0 Å².